The van der Waals surface area contributed by atoms with Crippen molar-refractivity contribution >= 4 is 29.3 Å². The minimum Gasteiger partial charge on any atom is -0.366 e. The van der Waals surface area contributed by atoms with Crippen LogP contribution in [0.4, 0.5) is 5.69 Å². The number of hydrogen-bond donors (Lipinski definition) is 1. The first-order valence-corrected chi connectivity index (χ1v) is 8.39. The lowest BCUT2D eigenvalue weighted by Crippen LogP contribution is -2.42. The van der Waals surface area contributed by atoms with Crippen LogP contribution in [-0.2, 0) is 4.79 Å². The van der Waals surface area contributed by atoms with Gasteiger partial charge in [-0.05, 0) is 38.3 Å². The molecule has 124 valence electrons. The Kier molecular flexibility index (Phi) is 5.59. The van der Waals surface area contributed by atoms with Crippen molar-refractivity contribution < 1.29 is 14.5 Å². The first-order valence-electron chi connectivity index (χ1n) is 7.40. The van der Waals surface area contributed by atoms with Gasteiger partial charge in [-0.2, -0.15) is 0 Å². The predicted molar refractivity (Wildman–Crippen MR) is 87.4 cm³/mol. The molecule has 1 aromatic rings. The number of amides is 2. The molecule has 0 spiro atoms. The second-order valence-electron chi connectivity index (χ2n) is 5.52. The van der Waals surface area contributed by atoms with Gasteiger partial charge in [-0.1, -0.05) is 0 Å². The van der Waals surface area contributed by atoms with Crippen LogP contribution >= 0.6 is 11.8 Å². The number of nitro groups is 1. The maximum absolute atomic E-state index is 12.3. The van der Waals surface area contributed by atoms with Crippen molar-refractivity contribution in [1.29, 1.82) is 0 Å². The topological polar surface area (TPSA) is 107 Å². The molecule has 0 saturated carbocycles. The van der Waals surface area contributed by atoms with Crippen LogP contribution in [0.25, 0.3) is 0 Å². The Morgan fingerprint density at radius 1 is 1.43 bits per heavy atom. The number of thioether (sulfide) groups is 1. The van der Waals surface area contributed by atoms with Gasteiger partial charge in [0.25, 0.3) is 5.69 Å². The van der Waals surface area contributed by atoms with Crippen LogP contribution in [-0.4, -0.2) is 40.0 Å². The number of nitrogens with zero attached hydrogens (tertiary/aromatic N) is 2. The third-order valence-electron chi connectivity index (χ3n) is 3.91. The maximum atomic E-state index is 12.3. The van der Waals surface area contributed by atoms with Gasteiger partial charge in [0, 0.05) is 24.2 Å². The third-order valence-corrected chi connectivity index (χ3v) is 4.96. The van der Waals surface area contributed by atoms with Gasteiger partial charge < -0.3 is 10.6 Å². The molecule has 1 unspecified atom stereocenters. The number of nitrogens with two attached hydrogens (primary N) is 1. The highest BCUT2D eigenvalue weighted by Gasteiger charge is 2.24. The average Bonchev–Trinajstić information content (AvgIpc) is 2.52. The second-order valence-corrected chi connectivity index (χ2v) is 6.54. The van der Waals surface area contributed by atoms with E-state index in [1.165, 1.54) is 12.1 Å². The fourth-order valence-corrected chi connectivity index (χ4v) is 3.52. The number of nitro benzene ring substituents is 1. The molecule has 7 nitrogen and oxygen atoms in total. The van der Waals surface area contributed by atoms with Crippen LogP contribution in [0.15, 0.2) is 23.1 Å². The minimum absolute atomic E-state index is 0.0181. The van der Waals surface area contributed by atoms with E-state index in [4.69, 9.17) is 5.73 Å². The van der Waals surface area contributed by atoms with Crippen molar-refractivity contribution in [2.45, 2.75) is 37.1 Å². The Hall–Kier alpha value is -2.09. The summed E-state index contributed by atoms with van der Waals surface area (Å²) in [6.45, 7) is 2.76. The summed E-state index contributed by atoms with van der Waals surface area (Å²) in [6, 6.07) is 4.27. The van der Waals surface area contributed by atoms with E-state index in [0.29, 0.717) is 4.90 Å². The van der Waals surface area contributed by atoms with Gasteiger partial charge in [-0.15, -0.1) is 11.8 Å². The molecule has 1 aliphatic rings. The van der Waals surface area contributed by atoms with E-state index in [1.807, 2.05) is 11.8 Å². The highest BCUT2D eigenvalue weighted by atomic mass is 32.2. The molecule has 0 aromatic heterocycles. The van der Waals surface area contributed by atoms with Crippen molar-refractivity contribution in [2.24, 2.45) is 5.73 Å². The van der Waals surface area contributed by atoms with Crippen LogP contribution in [0, 0.1) is 10.1 Å². The molecule has 1 aliphatic heterocycles. The van der Waals surface area contributed by atoms with E-state index in [2.05, 4.69) is 0 Å². The molecule has 1 heterocycles. The first kappa shape index (κ1) is 17.3. The van der Waals surface area contributed by atoms with Gasteiger partial charge in [0.15, 0.2) is 0 Å². The lowest BCUT2D eigenvalue weighted by molar-refractivity contribution is -0.387. The SMILES string of the molecule is CC1CCCCN1C(=O)CSc1ccc(C(N)=O)cc1[N+](=O)[O-]. The number of rotatable bonds is 5. The Morgan fingerprint density at radius 2 is 2.17 bits per heavy atom. The zero-order valence-electron chi connectivity index (χ0n) is 12.9. The molecule has 23 heavy (non-hydrogen) atoms. The molecular weight excluding hydrogens is 318 g/mol. The smallest absolute Gasteiger partial charge is 0.283 e. The van der Waals surface area contributed by atoms with Crippen molar-refractivity contribution in [2.75, 3.05) is 12.3 Å². The monoisotopic (exact) mass is 337 g/mol. The van der Waals surface area contributed by atoms with E-state index in [1.54, 1.807) is 0 Å². The lowest BCUT2D eigenvalue weighted by atomic mass is 10.0. The van der Waals surface area contributed by atoms with E-state index in [0.717, 1.165) is 43.6 Å². The molecule has 0 aliphatic carbocycles. The number of benzene rings is 1. The van der Waals surface area contributed by atoms with Crippen LogP contribution in [0.2, 0.25) is 0 Å². The molecule has 1 saturated heterocycles. The van der Waals surface area contributed by atoms with E-state index < -0.39 is 10.8 Å². The van der Waals surface area contributed by atoms with Crippen molar-refractivity contribution in [3.05, 3.63) is 33.9 Å². The van der Waals surface area contributed by atoms with Gasteiger partial charge in [-0.25, -0.2) is 0 Å². The molecule has 1 fully saturated rings. The number of likely N-dealkylation sites (tertiary alicyclic amines) is 1. The first-order chi connectivity index (χ1) is 10.9. The van der Waals surface area contributed by atoms with Crippen molar-refractivity contribution in [1.82, 2.24) is 4.90 Å². The summed E-state index contributed by atoms with van der Waals surface area (Å²) in [4.78, 5) is 36.2. The highest BCUT2D eigenvalue weighted by Crippen LogP contribution is 2.30. The van der Waals surface area contributed by atoms with Gasteiger partial charge in [0.1, 0.15) is 0 Å². The molecule has 8 heteroatoms. The minimum atomic E-state index is -0.720. The summed E-state index contributed by atoms with van der Waals surface area (Å²) >= 11 is 1.11. The second kappa shape index (κ2) is 7.45. The van der Waals surface area contributed by atoms with E-state index >= 15 is 0 Å². The molecule has 1 aromatic carbocycles. The zero-order valence-corrected chi connectivity index (χ0v) is 13.7. The van der Waals surface area contributed by atoms with Gasteiger partial charge in [0.2, 0.25) is 11.8 Å². The Bertz CT molecular complexity index is 635. The summed E-state index contributed by atoms with van der Waals surface area (Å²) in [5.41, 5.74) is 5.02. The molecule has 1 atom stereocenters. The number of primary amides is 1. The van der Waals surface area contributed by atoms with Gasteiger partial charge >= 0.3 is 0 Å². The molecule has 0 bridgehead atoms. The quantitative estimate of drug-likeness (QED) is 0.503. The van der Waals surface area contributed by atoms with E-state index in [-0.39, 0.29) is 29.0 Å². The fraction of sp³-hybridized carbons (Fsp3) is 0.467. The summed E-state index contributed by atoms with van der Waals surface area (Å²) < 4.78 is 0. The van der Waals surface area contributed by atoms with Crippen LogP contribution in [0.5, 0.6) is 0 Å². The molecule has 2 rings (SSSR count). The Labute approximate surface area is 138 Å². The average molecular weight is 337 g/mol. The number of carbonyl (C=O) groups excluding carboxylic acids is 2. The van der Waals surface area contributed by atoms with Crippen molar-refractivity contribution in [3.8, 4) is 0 Å². The zero-order chi connectivity index (χ0) is 17.0. The summed E-state index contributed by atoms with van der Waals surface area (Å²) in [6.07, 6.45) is 3.11. The third kappa shape index (κ3) is 4.22. The summed E-state index contributed by atoms with van der Waals surface area (Å²) in [5, 5.41) is 11.1. The Morgan fingerprint density at radius 3 is 2.78 bits per heavy atom. The van der Waals surface area contributed by atoms with Gasteiger partial charge in [0.05, 0.1) is 15.6 Å². The lowest BCUT2D eigenvalue weighted by Gasteiger charge is -2.33. The van der Waals surface area contributed by atoms with Crippen molar-refractivity contribution in [3.63, 3.8) is 0 Å². The number of carbonyl (C=O) groups is 2. The largest absolute Gasteiger partial charge is 0.366 e. The van der Waals surface area contributed by atoms with Crippen LogP contribution in [0.1, 0.15) is 36.5 Å². The fourth-order valence-electron chi connectivity index (χ4n) is 2.63. The highest BCUT2D eigenvalue weighted by molar-refractivity contribution is 8.00. The Balaban J connectivity index is 2.09. The molecule has 2 N–H and O–H groups in total. The van der Waals surface area contributed by atoms with Crippen LogP contribution in [0.3, 0.4) is 0 Å². The molecular formula is C15H19N3O4S. The predicted octanol–water partition coefficient (Wildman–Crippen LogP) is 2.19. The maximum Gasteiger partial charge on any atom is 0.283 e. The summed E-state index contributed by atoms with van der Waals surface area (Å²) in [5.74, 6) is -0.598. The van der Waals surface area contributed by atoms with Crippen LogP contribution < -0.4 is 5.73 Å². The van der Waals surface area contributed by atoms with Gasteiger partial charge in [-0.3, -0.25) is 19.7 Å². The molecule has 0 radical (unpaired) electrons. The van der Waals surface area contributed by atoms with E-state index in [9.17, 15) is 19.7 Å². The normalized spacial score (nSPS) is 17.8. The summed E-state index contributed by atoms with van der Waals surface area (Å²) in [7, 11) is 0. The number of piperidine rings is 1. The number of hydrogen-bond acceptors (Lipinski definition) is 5. The molecule has 2 amide bonds. The standard InChI is InChI=1S/C15H19N3O4S/c1-10-4-2-3-7-17(10)14(19)9-23-13-6-5-11(15(16)20)8-12(13)18(21)22/h5-6,8,10H,2-4,7,9H2,1H3,(H2,16,20).